The van der Waals surface area contributed by atoms with Crippen LogP contribution in [0.5, 0.6) is 5.88 Å². The Labute approximate surface area is 202 Å². The van der Waals surface area contributed by atoms with Gasteiger partial charge in [0.2, 0.25) is 5.88 Å². The molecule has 5 rings (SSSR count). The van der Waals surface area contributed by atoms with Gasteiger partial charge in [-0.1, -0.05) is 6.07 Å². The number of H-pyrrole nitrogens is 1. The normalized spacial score (nSPS) is 15.9. The molecule has 1 aliphatic rings. The number of carbonyl (C=O) groups is 1. The summed E-state index contributed by atoms with van der Waals surface area (Å²) in [7, 11) is 0. The summed E-state index contributed by atoms with van der Waals surface area (Å²) in [5.74, 6) is -0.211. The van der Waals surface area contributed by atoms with Crippen LogP contribution in [0.1, 0.15) is 37.0 Å². The lowest BCUT2D eigenvalue weighted by atomic mass is 9.99. The van der Waals surface area contributed by atoms with Crippen molar-refractivity contribution in [3.63, 3.8) is 0 Å². The van der Waals surface area contributed by atoms with E-state index in [0.29, 0.717) is 34.0 Å². The number of nitrogens with one attached hydrogen (secondary N) is 3. The number of piperidine rings is 1. The third-order valence-electron chi connectivity index (χ3n) is 5.92. The van der Waals surface area contributed by atoms with E-state index in [-0.39, 0.29) is 18.1 Å². The third-order valence-corrected chi connectivity index (χ3v) is 5.92. The molecule has 1 saturated heterocycles. The van der Waals surface area contributed by atoms with Gasteiger partial charge in [-0.25, -0.2) is 9.37 Å². The number of carbonyl (C=O) groups excluding carboxylic acids is 1. The van der Waals surface area contributed by atoms with E-state index in [2.05, 4.69) is 30.8 Å². The first-order valence-electron chi connectivity index (χ1n) is 11.8. The predicted octanol–water partition coefficient (Wildman–Crippen LogP) is 4.10. The Kier molecular flexibility index (Phi) is 6.41. The molecule has 1 aliphatic heterocycles. The minimum atomic E-state index is -0.410. The van der Waals surface area contributed by atoms with Crippen LogP contribution in [0.2, 0.25) is 0 Å². The SMILES string of the molecule is CC(C)NC(=O)c1ccc(F)c(-c2ccc3[nH]nc(-c4cncc(OC5CCCNC5)n4)c3c2)c1. The molecule has 8 nitrogen and oxygen atoms in total. The van der Waals surface area contributed by atoms with Gasteiger partial charge < -0.3 is 15.4 Å². The second-order valence-corrected chi connectivity index (χ2v) is 8.98. The van der Waals surface area contributed by atoms with Gasteiger partial charge in [-0.05, 0) is 69.1 Å². The Balaban J connectivity index is 1.48. The van der Waals surface area contributed by atoms with Crippen molar-refractivity contribution in [1.29, 1.82) is 0 Å². The summed E-state index contributed by atoms with van der Waals surface area (Å²) in [6.07, 6.45) is 5.31. The summed E-state index contributed by atoms with van der Waals surface area (Å²) in [5, 5.41) is 14.4. The molecular formula is C26H27FN6O2. The van der Waals surface area contributed by atoms with Crippen molar-refractivity contribution in [1.82, 2.24) is 30.8 Å². The van der Waals surface area contributed by atoms with Crippen LogP contribution in [-0.4, -0.2) is 51.3 Å². The fourth-order valence-electron chi connectivity index (χ4n) is 4.22. The van der Waals surface area contributed by atoms with E-state index in [1.807, 2.05) is 26.0 Å². The monoisotopic (exact) mass is 474 g/mol. The van der Waals surface area contributed by atoms with Crippen molar-refractivity contribution < 1.29 is 13.9 Å². The minimum Gasteiger partial charge on any atom is -0.472 e. The lowest BCUT2D eigenvalue weighted by molar-refractivity contribution is 0.0943. The van der Waals surface area contributed by atoms with Crippen LogP contribution >= 0.6 is 0 Å². The van der Waals surface area contributed by atoms with Gasteiger partial charge in [-0.15, -0.1) is 0 Å². The molecule has 1 fully saturated rings. The van der Waals surface area contributed by atoms with Gasteiger partial charge in [0, 0.05) is 29.1 Å². The fraction of sp³-hybridized carbons (Fsp3) is 0.308. The number of nitrogens with zero attached hydrogens (tertiary/aromatic N) is 3. The maximum absolute atomic E-state index is 14.8. The van der Waals surface area contributed by atoms with E-state index in [4.69, 9.17) is 4.74 Å². The Morgan fingerprint density at radius 2 is 2.09 bits per heavy atom. The minimum absolute atomic E-state index is 0.0175. The van der Waals surface area contributed by atoms with E-state index in [9.17, 15) is 9.18 Å². The summed E-state index contributed by atoms with van der Waals surface area (Å²) < 4.78 is 20.8. The molecule has 0 spiro atoms. The molecule has 9 heteroatoms. The average Bonchev–Trinajstić information content (AvgIpc) is 3.28. The molecule has 2 aromatic carbocycles. The average molecular weight is 475 g/mol. The van der Waals surface area contributed by atoms with Crippen molar-refractivity contribution >= 4 is 16.8 Å². The molecule has 180 valence electrons. The molecule has 35 heavy (non-hydrogen) atoms. The number of halogens is 1. The van der Waals surface area contributed by atoms with Gasteiger partial charge in [0.25, 0.3) is 5.91 Å². The van der Waals surface area contributed by atoms with E-state index >= 15 is 0 Å². The molecule has 2 aromatic heterocycles. The maximum atomic E-state index is 14.8. The summed E-state index contributed by atoms with van der Waals surface area (Å²) in [6, 6.07) is 9.84. The Bertz CT molecular complexity index is 1360. The van der Waals surface area contributed by atoms with E-state index in [0.717, 1.165) is 36.8 Å². The van der Waals surface area contributed by atoms with Crippen LogP contribution in [0, 0.1) is 5.82 Å². The van der Waals surface area contributed by atoms with Crippen LogP contribution in [0.3, 0.4) is 0 Å². The molecule has 0 saturated carbocycles. The largest absolute Gasteiger partial charge is 0.472 e. The van der Waals surface area contributed by atoms with Crippen LogP contribution < -0.4 is 15.4 Å². The van der Waals surface area contributed by atoms with E-state index in [1.54, 1.807) is 24.5 Å². The zero-order valence-corrected chi connectivity index (χ0v) is 19.6. The van der Waals surface area contributed by atoms with E-state index < -0.39 is 5.82 Å². The van der Waals surface area contributed by atoms with Crippen molar-refractivity contribution in [3.05, 3.63) is 60.2 Å². The van der Waals surface area contributed by atoms with Crippen LogP contribution in [0.15, 0.2) is 48.8 Å². The van der Waals surface area contributed by atoms with Crippen LogP contribution in [0.4, 0.5) is 4.39 Å². The molecule has 0 aliphatic carbocycles. The second kappa shape index (κ2) is 9.79. The number of fused-ring (bicyclic) bond motifs is 1. The zero-order valence-electron chi connectivity index (χ0n) is 19.6. The number of hydrogen-bond donors (Lipinski definition) is 3. The Morgan fingerprint density at radius 3 is 2.89 bits per heavy atom. The molecular weight excluding hydrogens is 447 g/mol. The first kappa shape index (κ1) is 22.9. The highest BCUT2D eigenvalue weighted by atomic mass is 19.1. The van der Waals surface area contributed by atoms with Crippen molar-refractivity contribution in [2.24, 2.45) is 0 Å². The number of aromatic nitrogens is 4. The first-order chi connectivity index (χ1) is 17.0. The molecule has 1 unspecified atom stereocenters. The highest BCUT2D eigenvalue weighted by molar-refractivity contribution is 5.97. The topological polar surface area (TPSA) is 105 Å². The molecule has 4 aromatic rings. The lowest BCUT2D eigenvalue weighted by Crippen LogP contribution is -2.37. The Morgan fingerprint density at radius 1 is 1.20 bits per heavy atom. The molecule has 1 amide bonds. The lowest BCUT2D eigenvalue weighted by Gasteiger charge is -2.23. The predicted molar refractivity (Wildman–Crippen MR) is 132 cm³/mol. The molecule has 3 heterocycles. The number of amides is 1. The van der Waals surface area contributed by atoms with Gasteiger partial charge in [0.05, 0.1) is 17.9 Å². The van der Waals surface area contributed by atoms with Gasteiger partial charge in [0.1, 0.15) is 23.3 Å². The van der Waals surface area contributed by atoms with Gasteiger partial charge in [-0.3, -0.25) is 14.9 Å². The highest BCUT2D eigenvalue weighted by Gasteiger charge is 2.18. The summed E-state index contributed by atoms with van der Waals surface area (Å²) in [4.78, 5) is 21.4. The molecule has 0 bridgehead atoms. The Hall–Kier alpha value is -3.85. The van der Waals surface area contributed by atoms with Gasteiger partial charge >= 0.3 is 0 Å². The third kappa shape index (κ3) is 5.00. The van der Waals surface area contributed by atoms with Gasteiger partial charge in [0.15, 0.2) is 0 Å². The zero-order chi connectivity index (χ0) is 24.4. The number of rotatable bonds is 6. The standard InChI is InChI=1S/C26H27FN6O2/c1-15(2)30-26(34)17-5-7-21(27)19(11-17)16-6-8-22-20(10-16)25(33-32-22)23-13-29-14-24(31-23)35-18-4-3-9-28-12-18/h5-8,10-11,13-15,18,28H,3-4,9,12H2,1-2H3,(H,30,34)(H,32,33). The molecule has 0 radical (unpaired) electrons. The number of hydrogen-bond acceptors (Lipinski definition) is 6. The van der Waals surface area contributed by atoms with Crippen LogP contribution in [0.25, 0.3) is 33.4 Å². The van der Waals surface area contributed by atoms with Crippen molar-refractivity contribution in [2.45, 2.75) is 38.8 Å². The summed E-state index contributed by atoms with van der Waals surface area (Å²) >= 11 is 0. The second-order valence-electron chi connectivity index (χ2n) is 8.98. The van der Waals surface area contributed by atoms with Crippen molar-refractivity contribution in [2.75, 3.05) is 13.1 Å². The first-order valence-corrected chi connectivity index (χ1v) is 11.8. The van der Waals surface area contributed by atoms with Crippen LogP contribution in [-0.2, 0) is 0 Å². The summed E-state index contributed by atoms with van der Waals surface area (Å²) in [6.45, 7) is 5.54. The van der Waals surface area contributed by atoms with Crippen molar-refractivity contribution in [3.8, 4) is 28.4 Å². The smallest absolute Gasteiger partial charge is 0.251 e. The highest BCUT2D eigenvalue weighted by Crippen LogP contribution is 2.32. The van der Waals surface area contributed by atoms with Gasteiger partial charge in [-0.2, -0.15) is 5.10 Å². The quantitative estimate of drug-likeness (QED) is 0.389. The fourth-order valence-corrected chi connectivity index (χ4v) is 4.22. The summed E-state index contributed by atoms with van der Waals surface area (Å²) in [5.41, 5.74) is 3.29. The number of benzene rings is 2. The number of aromatic amines is 1. The molecule has 3 N–H and O–H groups in total. The number of ether oxygens (including phenoxy) is 1. The molecule has 1 atom stereocenters. The van der Waals surface area contributed by atoms with E-state index in [1.165, 1.54) is 12.1 Å². The maximum Gasteiger partial charge on any atom is 0.251 e.